The second-order valence-electron chi connectivity index (χ2n) is 13.5. The van der Waals surface area contributed by atoms with Crippen LogP contribution in [0.25, 0.3) is 54.6 Å². The maximum atomic E-state index is 2.46. The maximum absolute atomic E-state index is 2.46. The maximum Gasteiger partial charge on any atom is 0.0546 e. The van der Waals surface area contributed by atoms with Crippen LogP contribution in [0.3, 0.4) is 0 Å². The highest BCUT2D eigenvalue weighted by Gasteiger charge is 2.36. The van der Waals surface area contributed by atoms with Crippen molar-refractivity contribution in [2.75, 3.05) is 4.90 Å². The Morgan fingerprint density at radius 1 is 0.447 bits per heavy atom. The number of nitrogens with zero attached hydrogens (tertiary/aromatic N) is 1. The lowest BCUT2D eigenvalue weighted by atomic mass is 9.82. The summed E-state index contributed by atoms with van der Waals surface area (Å²) in [4.78, 5) is 2.46. The molecule has 1 heteroatoms. The molecule has 0 bridgehead atoms. The fourth-order valence-corrected chi connectivity index (χ4v) is 7.78. The number of hydrogen-bond acceptors (Lipinski definition) is 1. The summed E-state index contributed by atoms with van der Waals surface area (Å²) in [6.45, 7) is 6.89. The molecule has 8 aromatic rings. The second kappa shape index (κ2) is 10.4. The van der Waals surface area contributed by atoms with Gasteiger partial charge in [-0.25, -0.2) is 0 Å². The van der Waals surface area contributed by atoms with Crippen molar-refractivity contribution in [3.63, 3.8) is 0 Å². The van der Waals surface area contributed by atoms with Crippen molar-refractivity contribution in [2.24, 2.45) is 0 Å². The third-order valence-electron chi connectivity index (χ3n) is 10.3. The minimum atomic E-state index is -0.0822. The van der Waals surface area contributed by atoms with Gasteiger partial charge in [0.1, 0.15) is 0 Å². The molecule has 0 heterocycles. The molecule has 0 amide bonds. The van der Waals surface area contributed by atoms with Crippen LogP contribution < -0.4 is 4.90 Å². The molecule has 0 N–H and O–H groups in total. The summed E-state index contributed by atoms with van der Waals surface area (Å²) >= 11 is 0. The van der Waals surface area contributed by atoms with Gasteiger partial charge in [0.2, 0.25) is 0 Å². The SMILES string of the molecule is Cc1ccc(N(c2ccc3c(c2)-c2cc4ccccc4cc2C3(C)C)c2ccc3ccccc3c2-c2ccc3ccccc3c2)cc1. The van der Waals surface area contributed by atoms with E-state index in [2.05, 4.69) is 183 Å². The summed E-state index contributed by atoms with van der Waals surface area (Å²) in [5.74, 6) is 0. The highest BCUT2D eigenvalue weighted by atomic mass is 15.1. The zero-order chi connectivity index (χ0) is 31.7. The Labute approximate surface area is 276 Å². The fraction of sp³-hybridized carbons (Fsp3) is 0.0870. The summed E-state index contributed by atoms with van der Waals surface area (Å²) in [6, 6.07) is 58.5. The zero-order valence-corrected chi connectivity index (χ0v) is 27.0. The minimum absolute atomic E-state index is 0.0822. The number of anilines is 3. The molecule has 0 spiro atoms. The van der Waals surface area contributed by atoms with Gasteiger partial charge in [-0.05, 0) is 116 Å². The van der Waals surface area contributed by atoms with Crippen molar-refractivity contribution in [3.05, 3.63) is 174 Å². The molecule has 9 rings (SSSR count). The van der Waals surface area contributed by atoms with E-state index in [-0.39, 0.29) is 5.41 Å². The van der Waals surface area contributed by atoms with Gasteiger partial charge in [-0.15, -0.1) is 0 Å². The average Bonchev–Trinajstić information content (AvgIpc) is 3.32. The Kier molecular flexibility index (Phi) is 6.14. The molecule has 0 unspecified atom stereocenters. The fourth-order valence-electron chi connectivity index (χ4n) is 7.78. The molecule has 0 radical (unpaired) electrons. The van der Waals surface area contributed by atoms with Crippen molar-refractivity contribution in [2.45, 2.75) is 26.2 Å². The van der Waals surface area contributed by atoms with Crippen molar-refractivity contribution in [1.29, 1.82) is 0 Å². The third kappa shape index (κ3) is 4.38. The topological polar surface area (TPSA) is 3.24 Å². The smallest absolute Gasteiger partial charge is 0.0546 e. The second-order valence-corrected chi connectivity index (χ2v) is 13.5. The Morgan fingerprint density at radius 3 is 1.81 bits per heavy atom. The lowest BCUT2D eigenvalue weighted by Crippen LogP contribution is -2.15. The van der Waals surface area contributed by atoms with Gasteiger partial charge in [-0.2, -0.15) is 0 Å². The van der Waals surface area contributed by atoms with Gasteiger partial charge >= 0.3 is 0 Å². The molecule has 224 valence electrons. The number of benzene rings is 8. The summed E-state index contributed by atoms with van der Waals surface area (Å²) < 4.78 is 0. The standard InChI is InChI=1S/C46H35N/c1-30-16-21-37(22-17-30)47(38-23-24-42-41(29-38)40-27-34-13-6-7-14-35(34)28-43(40)46(42,2)3)44-25-20-32-11-8-9-15-39(32)45(44)36-19-18-31-10-4-5-12-33(31)26-36/h4-29H,1-3H3. The number of aryl methyl sites for hydroxylation is 1. The predicted molar refractivity (Wildman–Crippen MR) is 201 cm³/mol. The van der Waals surface area contributed by atoms with Crippen LogP contribution in [-0.4, -0.2) is 0 Å². The van der Waals surface area contributed by atoms with Gasteiger partial charge in [-0.1, -0.05) is 129 Å². The summed E-state index contributed by atoms with van der Waals surface area (Å²) in [6.07, 6.45) is 0. The van der Waals surface area contributed by atoms with E-state index in [1.165, 1.54) is 76.9 Å². The Balaban J connectivity index is 1.32. The molecule has 8 aromatic carbocycles. The Bertz CT molecular complexity index is 2500. The molecule has 0 fully saturated rings. The lowest BCUT2D eigenvalue weighted by molar-refractivity contribution is 0.661. The van der Waals surface area contributed by atoms with Gasteiger partial charge in [0, 0.05) is 22.4 Å². The number of fused-ring (bicyclic) bond motifs is 6. The van der Waals surface area contributed by atoms with E-state index in [1.807, 2.05) is 0 Å². The molecule has 47 heavy (non-hydrogen) atoms. The van der Waals surface area contributed by atoms with Gasteiger partial charge in [0.15, 0.2) is 0 Å². The Hall–Kier alpha value is -5.66. The minimum Gasteiger partial charge on any atom is -0.310 e. The highest BCUT2D eigenvalue weighted by Crippen LogP contribution is 2.52. The molecular formula is C46H35N. The largest absolute Gasteiger partial charge is 0.310 e. The van der Waals surface area contributed by atoms with Crippen LogP contribution in [0.5, 0.6) is 0 Å². The van der Waals surface area contributed by atoms with E-state index >= 15 is 0 Å². The van der Waals surface area contributed by atoms with Crippen LogP contribution in [-0.2, 0) is 5.41 Å². The van der Waals surface area contributed by atoms with E-state index < -0.39 is 0 Å². The Morgan fingerprint density at radius 2 is 1.04 bits per heavy atom. The van der Waals surface area contributed by atoms with Gasteiger partial charge in [0.05, 0.1) is 5.69 Å². The quantitative estimate of drug-likeness (QED) is 0.194. The molecule has 0 saturated carbocycles. The van der Waals surface area contributed by atoms with Crippen molar-refractivity contribution >= 4 is 49.4 Å². The first-order chi connectivity index (χ1) is 23.0. The summed E-state index contributed by atoms with van der Waals surface area (Å²) in [5, 5.41) is 7.56. The highest BCUT2D eigenvalue weighted by molar-refractivity contribution is 6.07. The van der Waals surface area contributed by atoms with Gasteiger partial charge in [0.25, 0.3) is 0 Å². The van der Waals surface area contributed by atoms with Crippen LogP contribution in [0.1, 0.15) is 30.5 Å². The molecule has 0 atom stereocenters. The van der Waals surface area contributed by atoms with E-state index in [9.17, 15) is 0 Å². The molecule has 1 aliphatic rings. The van der Waals surface area contributed by atoms with Crippen LogP contribution in [0.2, 0.25) is 0 Å². The first-order valence-corrected chi connectivity index (χ1v) is 16.5. The van der Waals surface area contributed by atoms with E-state index in [4.69, 9.17) is 0 Å². The number of hydrogen-bond donors (Lipinski definition) is 0. The third-order valence-corrected chi connectivity index (χ3v) is 10.3. The van der Waals surface area contributed by atoms with E-state index in [0.29, 0.717) is 0 Å². The first kappa shape index (κ1) is 27.6. The van der Waals surface area contributed by atoms with E-state index in [0.717, 1.165) is 11.4 Å². The van der Waals surface area contributed by atoms with Crippen molar-refractivity contribution in [3.8, 4) is 22.3 Å². The zero-order valence-electron chi connectivity index (χ0n) is 27.0. The molecule has 1 nitrogen and oxygen atoms in total. The first-order valence-electron chi connectivity index (χ1n) is 16.5. The van der Waals surface area contributed by atoms with Crippen LogP contribution in [0.4, 0.5) is 17.1 Å². The van der Waals surface area contributed by atoms with Crippen molar-refractivity contribution < 1.29 is 0 Å². The van der Waals surface area contributed by atoms with Crippen molar-refractivity contribution in [1.82, 2.24) is 0 Å². The molecule has 0 aromatic heterocycles. The summed E-state index contributed by atoms with van der Waals surface area (Å²) in [7, 11) is 0. The lowest BCUT2D eigenvalue weighted by Gasteiger charge is -2.30. The van der Waals surface area contributed by atoms with Crippen LogP contribution >= 0.6 is 0 Å². The number of rotatable bonds is 4. The van der Waals surface area contributed by atoms with E-state index in [1.54, 1.807) is 0 Å². The predicted octanol–water partition coefficient (Wildman–Crippen LogP) is 12.9. The normalized spacial score (nSPS) is 13.2. The molecular weight excluding hydrogens is 567 g/mol. The monoisotopic (exact) mass is 601 g/mol. The van der Waals surface area contributed by atoms with Crippen LogP contribution in [0, 0.1) is 6.92 Å². The molecule has 1 aliphatic carbocycles. The van der Waals surface area contributed by atoms with Gasteiger partial charge in [-0.3, -0.25) is 0 Å². The molecule has 0 aliphatic heterocycles. The van der Waals surface area contributed by atoms with Gasteiger partial charge < -0.3 is 4.90 Å². The van der Waals surface area contributed by atoms with Crippen LogP contribution in [0.15, 0.2) is 158 Å². The average molecular weight is 602 g/mol. The summed E-state index contributed by atoms with van der Waals surface area (Å²) in [5.41, 5.74) is 12.5. The molecule has 0 saturated heterocycles.